The summed E-state index contributed by atoms with van der Waals surface area (Å²) in [4.78, 5) is 15.0. The molecule has 2 aliphatic heterocycles. The molecule has 32 heavy (non-hydrogen) atoms. The fraction of sp³-hybridized carbons (Fsp3) is 0.818. The second-order valence-corrected chi connectivity index (χ2v) is 11.3. The molecule has 3 fully saturated rings. The van der Waals surface area contributed by atoms with Crippen LogP contribution in [0.3, 0.4) is 0 Å². The molecule has 3 heterocycles. The minimum Gasteiger partial charge on any atom is -0.360 e. The van der Waals surface area contributed by atoms with Gasteiger partial charge in [0.05, 0.1) is 0 Å². The molecule has 3 aliphatic rings. The molecule has 0 spiro atoms. The summed E-state index contributed by atoms with van der Waals surface area (Å²) in [5.41, 5.74) is 0.311. The Bertz CT molecular complexity index is 888. The summed E-state index contributed by atoms with van der Waals surface area (Å²) in [6.07, 6.45) is 5.12. The third-order valence-electron chi connectivity index (χ3n) is 7.27. The normalized spacial score (nSPS) is 26.5. The van der Waals surface area contributed by atoms with E-state index < -0.39 is 10.2 Å². The highest BCUT2D eigenvalue weighted by Crippen LogP contribution is 2.40. The largest absolute Gasteiger partial charge is 0.360 e. The van der Waals surface area contributed by atoms with Crippen LogP contribution in [0.5, 0.6) is 0 Å². The Hall–Kier alpha value is -1.49. The van der Waals surface area contributed by atoms with Crippen LogP contribution in [0.1, 0.15) is 81.5 Å². The number of nitrogens with one attached hydrogen (secondary N) is 1. The fourth-order valence-electron chi connectivity index (χ4n) is 5.17. The molecular weight excluding hydrogens is 430 g/mol. The first kappa shape index (κ1) is 23.7. The maximum Gasteiger partial charge on any atom is 0.282 e. The van der Waals surface area contributed by atoms with Gasteiger partial charge in [0, 0.05) is 49.7 Å². The van der Waals surface area contributed by atoms with E-state index in [4.69, 9.17) is 4.52 Å². The molecule has 10 heteroatoms. The van der Waals surface area contributed by atoms with Crippen molar-refractivity contribution in [2.45, 2.75) is 83.3 Å². The molecular formula is C22H37N5O4S. The Kier molecular flexibility index (Phi) is 7.24. The van der Waals surface area contributed by atoms with Crippen molar-refractivity contribution in [2.75, 3.05) is 32.7 Å². The lowest BCUT2D eigenvalue weighted by molar-refractivity contribution is 0.0902. The summed E-state index contributed by atoms with van der Waals surface area (Å²) in [5, 5.41) is 6.92. The molecule has 0 unspecified atom stereocenters. The lowest BCUT2D eigenvalue weighted by atomic mass is 10.0. The second-order valence-electron chi connectivity index (χ2n) is 9.40. The molecule has 0 radical (unpaired) electrons. The molecule has 2 atom stereocenters. The second kappa shape index (κ2) is 9.79. The zero-order chi connectivity index (χ0) is 22.9. The number of nitrogens with zero attached hydrogens (tertiary/aromatic N) is 4. The summed E-state index contributed by atoms with van der Waals surface area (Å²) in [6, 6.07) is 1.96. The first-order valence-electron chi connectivity index (χ1n) is 12.1. The van der Waals surface area contributed by atoms with Gasteiger partial charge >= 0.3 is 0 Å². The predicted octanol–water partition coefficient (Wildman–Crippen LogP) is 2.19. The highest BCUT2D eigenvalue weighted by atomic mass is 32.2. The molecule has 4 rings (SSSR count). The van der Waals surface area contributed by atoms with Gasteiger partial charge in [0.25, 0.3) is 16.1 Å². The predicted molar refractivity (Wildman–Crippen MR) is 122 cm³/mol. The Balaban J connectivity index is 1.30. The molecule has 1 saturated carbocycles. The number of aromatic nitrogens is 1. The molecule has 9 nitrogen and oxygen atoms in total. The fourth-order valence-corrected chi connectivity index (χ4v) is 7.01. The van der Waals surface area contributed by atoms with Gasteiger partial charge in [-0.2, -0.15) is 17.0 Å². The molecule has 1 amide bonds. The van der Waals surface area contributed by atoms with Crippen molar-refractivity contribution < 1.29 is 17.7 Å². The van der Waals surface area contributed by atoms with E-state index >= 15 is 0 Å². The van der Waals surface area contributed by atoms with Gasteiger partial charge < -0.3 is 14.7 Å². The van der Waals surface area contributed by atoms with Gasteiger partial charge in [-0.25, -0.2) is 0 Å². The maximum atomic E-state index is 13.3. The van der Waals surface area contributed by atoms with E-state index in [0.717, 1.165) is 44.5 Å². The van der Waals surface area contributed by atoms with Gasteiger partial charge in [0.1, 0.15) is 5.76 Å². The number of hydrogen-bond acceptors (Lipinski definition) is 6. The van der Waals surface area contributed by atoms with Crippen molar-refractivity contribution in [2.24, 2.45) is 0 Å². The van der Waals surface area contributed by atoms with Crippen LogP contribution in [-0.4, -0.2) is 83.8 Å². The van der Waals surface area contributed by atoms with E-state index in [1.807, 2.05) is 6.92 Å². The number of carbonyl (C=O) groups excluding carboxylic acids is 1. The summed E-state index contributed by atoms with van der Waals surface area (Å²) in [6.45, 7) is 9.81. The van der Waals surface area contributed by atoms with Gasteiger partial charge in [0.15, 0.2) is 5.69 Å². The molecule has 1 aliphatic carbocycles. The van der Waals surface area contributed by atoms with Crippen molar-refractivity contribution in [1.29, 1.82) is 0 Å². The highest BCUT2D eigenvalue weighted by Gasteiger charge is 2.39. The number of rotatable bonds is 8. The Morgan fingerprint density at radius 1 is 1.16 bits per heavy atom. The smallest absolute Gasteiger partial charge is 0.282 e. The zero-order valence-corrected chi connectivity index (χ0v) is 20.3. The van der Waals surface area contributed by atoms with Crippen LogP contribution in [-0.2, 0) is 10.2 Å². The lowest BCUT2D eigenvalue weighted by Gasteiger charge is -2.42. The molecule has 1 aromatic rings. The maximum absolute atomic E-state index is 13.3. The van der Waals surface area contributed by atoms with Gasteiger partial charge in [0.2, 0.25) is 0 Å². The Morgan fingerprint density at radius 3 is 2.44 bits per heavy atom. The first-order valence-corrected chi connectivity index (χ1v) is 13.5. The van der Waals surface area contributed by atoms with E-state index in [1.165, 1.54) is 0 Å². The van der Waals surface area contributed by atoms with Crippen LogP contribution in [0.4, 0.5) is 0 Å². The third-order valence-corrected chi connectivity index (χ3v) is 9.42. The van der Waals surface area contributed by atoms with Gasteiger partial charge in [-0.3, -0.25) is 4.79 Å². The summed E-state index contributed by atoms with van der Waals surface area (Å²) < 4.78 is 35.2. The van der Waals surface area contributed by atoms with Crippen molar-refractivity contribution in [3.05, 3.63) is 17.5 Å². The molecule has 1 aromatic heterocycles. The van der Waals surface area contributed by atoms with Crippen LogP contribution in [0.15, 0.2) is 10.6 Å². The van der Waals surface area contributed by atoms with Crippen molar-refractivity contribution >= 4 is 16.1 Å². The molecule has 180 valence electrons. The summed E-state index contributed by atoms with van der Waals surface area (Å²) in [5.74, 6) is 0.955. The summed E-state index contributed by atoms with van der Waals surface area (Å²) in [7, 11) is -3.49. The zero-order valence-electron chi connectivity index (χ0n) is 19.5. The van der Waals surface area contributed by atoms with E-state index in [0.29, 0.717) is 50.1 Å². The van der Waals surface area contributed by atoms with Gasteiger partial charge in [-0.05, 0) is 58.5 Å². The monoisotopic (exact) mass is 467 g/mol. The Morgan fingerprint density at radius 2 is 1.84 bits per heavy atom. The molecule has 0 bridgehead atoms. The molecule has 2 saturated heterocycles. The topological polar surface area (TPSA) is 99.0 Å². The third kappa shape index (κ3) is 5.03. The van der Waals surface area contributed by atoms with Crippen LogP contribution in [0.2, 0.25) is 0 Å². The van der Waals surface area contributed by atoms with Gasteiger partial charge in [-0.15, -0.1) is 0 Å². The van der Waals surface area contributed by atoms with Crippen molar-refractivity contribution in [1.82, 2.24) is 24.0 Å². The van der Waals surface area contributed by atoms with Crippen LogP contribution in [0.25, 0.3) is 0 Å². The first-order chi connectivity index (χ1) is 15.3. The number of hydrogen-bond donors (Lipinski definition) is 1. The SMILES string of the molecule is CCN(CC)C1CCN(S(=O)(=O)N2CC[C@H](NC(=O)c3cc(C4CC4)on3)C[C@@H]2C)CC1. The number of carbonyl (C=O) groups is 1. The number of amides is 1. The van der Waals surface area contributed by atoms with Gasteiger partial charge in [-0.1, -0.05) is 19.0 Å². The van der Waals surface area contributed by atoms with Crippen LogP contribution < -0.4 is 5.32 Å². The van der Waals surface area contributed by atoms with Crippen LogP contribution >= 0.6 is 0 Å². The molecule has 1 N–H and O–H groups in total. The van der Waals surface area contributed by atoms with Crippen molar-refractivity contribution in [3.63, 3.8) is 0 Å². The van der Waals surface area contributed by atoms with E-state index in [9.17, 15) is 13.2 Å². The van der Waals surface area contributed by atoms with E-state index in [-0.39, 0.29) is 18.0 Å². The average Bonchev–Trinajstić information content (AvgIpc) is 3.51. The minimum absolute atomic E-state index is 0.0709. The van der Waals surface area contributed by atoms with Crippen molar-refractivity contribution in [3.8, 4) is 0 Å². The van der Waals surface area contributed by atoms with Crippen LogP contribution in [0, 0.1) is 0 Å². The minimum atomic E-state index is -3.49. The summed E-state index contributed by atoms with van der Waals surface area (Å²) >= 11 is 0. The average molecular weight is 468 g/mol. The highest BCUT2D eigenvalue weighted by molar-refractivity contribution is 7.86. The standard InChI is InChI=1S/C22H37N5O4S/c1-4-25(5-2)19-9-11-26(12-10-19)32(29,30)27-13-8-18(14-16(27)3)23-22(28)20-15-21(31-24-20)17-6-7-17/h15-19H,4-14H2,1-3H3,(H,23,28)/t16-,18-/m0/s1. The molecule has 0 aromatic carbocycles. The number of piperidine rings is 2. The van der Waals surface area contributed by atoms with E-state index in [1.54, 1.807) is 14.7 Å². The quantitative estimate of drug-likeness (QED) is 0.629. The Labute approximate surface area is 191 Å². The van der Waals surface area contributed by atoms with E-state index in [2.05, 4.69) is 29.2 Å². The lowest BCUT2D eigenvalue weighted by Crippen LogP contribution is -2.56.